The summed E-state index contributed by atoms with van der Waals surface area (Å²) in [5, 5.41) is 13.1. The molecule has 6 nitrogen and oxygen atoms in total. The van der Waals surface area contributed by atoms with Crippen LogP contribution in [0.4, 0.5) is 21.0 Å². The Labute approximate surface area is 188 Å². The fraction of sp³-hybridized carbons (Fsp3) is 0.333. The van der Waals surface area contributed by atoms with E-state index in [1.165, 1.54) is 0 Å². The fourth-order valence-corrected chi connectivity index (χ4v) is 3.20. The third-order valence-electron chi connectivity index (χ3n) is 3.97. The smallest absolute Gasteiger partial charge is 0.319 e. The molecule has 29 heavy (non-hydrogen) atoms. The van der Waals surface area contributed by atoms with E-state index in [1.807, 2.05) is 48.5 Å². The first-order chi connectivity index (χ1) is 14.1. The van der Waals surface area contributed by atoms with Crippen LogP contribution >= 0.6 is 31.9 Å². The summed E-state index contributed by atoms with van der Waals surface area (Å²) in [4.78, 5) is 23.8. The molecule has 0 heterocycles. The summed E-state index contributed by atoms with van der Waals surface area (Å²) in [6.07, 6.45) is 2.46. The first kappa shape index (κ1) is 23.2. The van der Waals surface area contributed by atoms with Gasteiger partial charge in [0.25, 0.3) is 0 Å². The zero-order valence-electron chi connectivity index (χ0n) is 16.1. The van der Waals surface area contributed by atoms with E-state index < -0.39 is 0 Å². The maximum Gasteiger partial charge on any atom is 0.319 e. The third kappa shape index (κ3) is 9.32. The van der Waals surface area contributed by atoms with Crippen molar-refractivity contribution in [1.82, 2.24) is 10.6 Å². The normalized spacial score (nSPS) is 10.3. The van der Waals surface area contributed by atoms with Crippen molar-refractivity contribution in [2.24, 2.45) is 0 Å². The molecular weight excluding hydrogens is 500 g/mol. The molecule has 0 aliphatic carbocycles. The number of amides is 4. The standard InChI is InChI=1S/C21H26Br2N4O2/c22-9-3-11-24-20(28)26-18-7-1-5-16(14-18)13-17-6-2-8-19(15-17)27-21(29)25-12-4-10-23/h1-2,5-8,14-15H,3-4,9-13H2,(H2,24,26,28)(H2,25,27,29). The Kier molecular flexibility index (Phi) is 10.6. The second-order valence-corrected chi connectivity index (χ2v) is 8.01. The molecule has 4 N–H and O–H groups in total. The van der Waals surface area contributed by atoms with Gasteiger partial charge in [0.1, 0.15) is 0 Å². The summed E-state index contributed by atoms with van der Waals surface area (Å²) < 4.78 is 0. The van der Waals surface area contributed by atoms with E-state index in [-0.39, 0.29) is 12.1 Å². The predicted molar refractivity (Wildman–Crippen MR) is 127 cm³/mol. The van der Waals surface area contributed by atoms with E-state index in [4.69, 9.17) is 0 Å². The average molecular weight is 526 g/mol. The average Bonchev–Trinajstić information content (AvgIpc) is 2.69. The summed E-state index contributed by atoms with van der Waals surface area (Å²) in [6.45, 7) is 1.25. The number of carbonyl (C=O) groups is 2. The highest BCUT2D eigenvalue weighted by molar-refractivity contribution is 9.09. The van der Waals surface area contributed by atoms with Crippen molar-refractivity contribution in [3.05, 3.63) is 59.7 Å². The van der Waals surface area contributed by atoms with Crippen LogP contribution in [-0.2, 0) is 6.42 Å². The number of hydrogen-bond acceptors (Lipinski definition) is 2. The second-order valence-electron chi connectivity index (χ2n) is 6.42. The van der Waals surface area contributed by atoms with Crippen LogP contribution in [0.3, 0.4) is 0 Å². The number of carbonyl (C=O) groups excluding carboxylic acids is 2. The first-order valence-electron chi connectivity index (χ1n) is 9.50. The van der Waals surface area contributed by atoms with Gasteiger partial charge in [0.05, 0.1) is 0 Å². The topological polar surface area (TPSA) is 82.3 Å². The monoisotopic (exact) mass is 524 g/mol. The van der Waals surface area contributed by atoms with Crippen LogP contribution in [0.25, 0.3) is 0 Å². The van der Waals surface area contributed by atoms with Gasteiger partial charge in [0, 0.05) is 35.1 Å². The van der Waals surface area contributed by atoms with Gasteiger partial charge in [-0.25, -0.2) is 9.59 Å². The SMILES string of the molecule is O=C(NCCCBr)Nc1cccc(Cc2cccc(NC(=O)NCCCBr)c2)c1. The number of urea groups is 2. The summed E-state index contributed by atoms with van der Waals surface area (Å²) in [6, 6.07) is 15.1. The minimum atomic E-state index is -0.208. The molecule has 0 saturated heterocycles. The molecule has 0 unspecified atom stereocenters. The molecule has 0 aliphatic heterocycles. The van der Waals surface area contributed by atoms with Crippen LogP contribution < -0.4 is 21.3 Å². The van der Waals surface area contributed by atoms with E-state index >= 15 is 0 Å². The van der Waals surface area contributed by atoms with Crippen LogP contribution in [-0.4, -0.2) is 35.8 Å². The second kappa shape index (κ2) is 13.2. The Balaban J connectivity index is 1.92. The summed E-state index contributed by atoms with van der Waals surface area (Å²) in [5.41, 5.74) is 3.64. The summed E-state index contributed by atoms with van der Waals surface area (Å²) >= 11 is 6.68. The Morgan fingerprint density at radius 2 is 1.17 bits per heavy atom. The molecule has 0 aromatic heterocycles. The maximum absolute atomic E-state index is 11.9. The van der Waals surface area contributed by atoms with Crippen LogP contribution in [0.5, 0.6) is 0 Å². The van der Waals surface area contributed by atoms with Crippen LogP contribution in [0.2, 0.25) is 0 Å². The van der Waals surface area contributed by atoms with Crippen molar-refractivity contribution in [1.29, 1.82) is 0 Å². The zero-order valence-corrected chi connectivity index (χ0v) is 19.3. The van der Waals surface area contributed by atoms with Gasteiger partial charge in [-0.1, -0.05) is 56.1 Å². The van der Waals surface area contributed by atoms with E-state index in [0.29, 0.717) is 19.5 Å². The zero-order chi connectivity index (χ0) is 20.9. The molecule has 0 fully saturated rings. The highest BCUT2D eigenvalue weighted by Gasteiger charge is 2.05. The molecule has 4 amide bonds. The van der Waals surface area contributed by atoms with Crippen molar-refractivity contribution in [3.8, 4) is 0 Å². The van der Waals surface area contributed by atoms with Crippen LogP contribution in [0.15, 0.2) is 48.5 Å². The number of halogens is 2. The molecule has 156 valence electrons. The molecule has 0 bridgehead atoms. The van der Waals surface area contributed by atoms with Gasteiger partial charge < -0.3 is 21.3 Å². The van der Waals surface area contributed by atoms with Gasteiger partial charge in [-0.15, -0.1) is 0 Å². The minimum Gasteiger partial charge on any atom is -0.338 e. The van der Waals surface area contributed by atoms with E-state index in [2.05, 4.69) is 53.1 Å². The molecule has 0 atom stereocenters. The van der Waals surface area contributed by atoms with Crippen LogP contribution in [0, 0.1) is 0 Å². The number of alkyl halides is 2. The Bertz CT molecular complexity index is 736. The van der Waals surface area contributed by atoms with Crippen molar-refractivity contribution < 1.29 is 9.59 Å². The summed E-state index contributed by atoms with van der Waals surface area (Å²) in [7, 11) is 0. The highest BCUT2D eigenvalue weighted by atomic mass is 79.9. The van der Waals surface area contributed by atoms with Crippen LogP contribution in [0.1, 0.15) is 24.0 Å². The molecule has 0 spiro atoms. The lowest BCUT2D eigenvalue weighted by Gasteiger charge is -2.10. The molecule has 8 heteroatoms. The van der Waals surface area contributed by atoms with E-state index in [9.17, 15) is 9.59 Å². The quantitative estimate of drug-likeness (QED) is 0.257. The lowest BCUT2D eigenvalue weighted by Crippen LogP contribution is -2.29. The Morgan fingerprint density at radius 3 is 1.59 bits per heavy atom. The van der Waals surface area contributed by atoms with Gasteiger partial charge in [0.2, 0.25) is 0 Å². The number of benzene rings is 2. The third-order valence-corrected chi connectivity index (χ3v) is 5.09. The molecule has 0 saturated carbocycles. The molecule has 2 aromatic rings. The lowest BCUT2D eigenvalue weighted by atomic mass is 10.0. The van der Waals surface area contributed by atoms with Gasteiger partial charge in [-0.3, -0.25) is 0 Å². The molecular formula is C21H26Br2N4O2. The number of rotatable bonds is 10. The van der Waals surface area contributed by atoms with Crippen molar-refractivity contribution in [2.75, 3.05) is 34.4 Å². The Hall–Kier alpha value is -2.06. The van der Waals surface area contributed by atoms with Gasteiger partial charge in [-0.05, 0) is 54.7 Å². The minimum absolute atomic E-state index is 0.208. The van der Waals surface area contributed by atoms with Crippen molar-refractivity contribution in [2.45, 2.75) is 19.3 Å². The van der Waals surface area contributed by atoms with Crippen molar-refractivity contribution >= 4 is 55.3 Å². The molecule has 2 aromatic carbocycles. The van der Waals surface area contributed by atoms with Gasteiger partial charge in [-0.2, -0.15) is 0 Å². The number of nitrogens with one attached hydrogen (secondary N) is 4. The fourth-order valence-electron chi connectivity index (χ4n) is 2.64. The molecule has 0 radical (unpaired) electrons. The largest absolute Gasteiger partial charge is 0.338 e. The van der Waals surface area contributed by atoms with Crippen molar-refractivity contribution in [3.63, 3.8) is 0 Å². The van der Waals surface area contributed by atoms with Gasteiger partial charge in [0.15, 0.2) is 0 Å². The lowest BCUT2D eigenvalue weighted by molar-refractivity contribution is 0.251. The first-order valence-corrected chi connectivity index (χ1v) is 11.7. The molecule has 2 rings (SSSR count). The van der Waals surface area contributed by atoms with E-state index in [1.54, 1.807) is 0 Å². The number of anilines is 2. The van der Waals surface area contributed by atoms with E-state index in [0.717, 1.165) is 46.0 Å². The maximum atomic E-state index is 11.9. The Morgan fingerprint density at radius 1 is 0.724 bits per heavy atom. The predicted octanol–water partition coefficient (Wildman–Crippen LogP) is 5.09. The number of hydrogen-bond donors (Lipinski definition) is 4. The summed E-state index contributed by atoms with van der Waals surface area (Å²) in [5.74, 6) is 0. The molecule has 0 aliphatic rings. The highest BCUT2D eigenvalue weighted by Crippen LogP contribution is 2.17. The van der Waals surface area contributed by atoms with Gasteiger partial charge >= 0.3 is 12.1 Å².